The molecular formula is C18H21N3O4. The van der Waals surface area contributed by atoms with Crippen molar-refractivity contribution in [2.45, 2.75) is 25.7 Å². The number of benzene rings is 1. The molecule has 2 heterocycles. The Kier molecular flexibility index (Phi) is 4.83. The first-order valence-electron chi connectivity index (χ1n) is 8.51. The molecule has 3 rings (SSSR count). The lowest BCUT2D eigenvalue weighted by Gasteiger charge is -2.31. The number of carbonyl (C=O) groups excluding carboxylic acids is 4. The molecule has 0 aromatic heterocycles. The van der Waals surface area contributed by atoms with Crippen molar-refractivity contribution >= 4 is 23.6 Å². The van der Waals surface area contributed by atoms with Crippen LogP contribution in [0.3, 0.4) is 0 Å². The smallest absolute Gasteiger partial charge is 0.261 e. The van der Waals surface area contributed by atoms with Crippen LogP contribution in [0.4, 0.5) is 0 Å². The van der Waals surface area contributed by atoms with Gasteiger partial charge in [0.05, 0.1) is 17.0 Å². The highest BCUT2D eigenvalue weighted by Crippen LogP contribution is 2.23. The Morgan fingerprint density at radius 3 is 2.36 bits per heavy atom. The highest BCUT2D eigenvalue weighted by Gasteiger charge is 2.34. The van der Waals surface area contributed by atoms with Gasteiger partial charge >= 0.3 is 0 Å². The predicted molar refractivity (Wildman–Crippen MR) is 89.5 cm³/mol. The number of amides is 4. The van der Waals surface area contributed by atoms with Gasteiger partial charge in [0.2, 0.25) is 11.8 Å². The second kappa shape index (κ2) is 7.04. The number of hydrogen-bond donors (Lipinski definition) is 1. The van der Waals surface area contributed by atoms with Gasteiger partial charge in [0.15, 0.2) is 0 Å². The fraction of sp³-hybridized carbons (Fsp3) is 0.444. The van der Waals surface area contributed by atoms with Crippen LogP contribution in [0.25, 0.3) is 0 Å². The number of piperidine rings is 1. The highest BCUT2D eigenvalue weighted by molar-refractivity contribution is 6.21. The van der Waals surface area contributed by atoms with Gasteiger partial charge in [-0.25, -0.2) is 0 Å². The molecule has 0 bridgehead atoms. The van der Waals surface area contributed by atoms with Crippen LogP contribution in [-0.4, -0.2) is 53.1 Å². The second-order valence-corrected chi connectivity index (χ2v) is 6.49. The zero-order valence-electron chi connectivity index (χ0n) is 13.9. The van der Waals surface area contributed by atoms with Crippen molar-refractivity contribution in [1.29, 1.82) is 0 Å². The highest BCUT2D eigenvalue weighted by atomic mass is 16.2. The van der Waals surface area contributed by atoms with Crippen molar-refractivity contribution in [3.05, 3.63) is 35.4 Å². The summed E-state index contributed by atoms with van der Waals surface area (Å²) in [4.78, 5) is 51.0. The van der Waals surface area contributed by atoms with Crippen molar-refractivity contribution in [2.24, 2.45) is 11.7 Å². The van der Waals surface area contributed by atoms with Gasteiger partial charge in [-0.2, -0.15) is 0 Å². The van der Waals surface area contributed by atoms with Gasteiger partial charge in [-0.05, 0) is 31.4 Å². The van der Waals surface area contributed by atoms with Gasteiger partial charge in [-0.1, -0.05) is 12.1 Å². The van der Waals surface area contributed by atoms with Crippen molar-refractivity contribution in [3.63, 3.8) is 0 Å². The molecule has 4 amide bonds. The zero-order chi connectivity index (χ0) is 18.0. The summed E-state index contributed by atoms with van der Waals surface area (Å²) in [5, 5.41) is 0. The van der Waals surface area contributed by atoms with Gasteiger partial charge in [0.25, 0.3) is 11.8 Å². The third-order valence-corrected chi connectivity index (χ3v) is 4.83. The molecule has 2 aliphatic rings. The third-order valence-electron chi connectivity index (χ3n) is 4.83. The molecule has 7 nitrogen and oxygen atoms in total. The largest absolute Gasteiger partial charge is 0.369 e. The fourth-order valence-electron chi connectivity index (χ4n) is 3.42. The lowest BCUT2D eigenvalue weighted by atomic mass is 9.97. The van der Waals surface area contributed by atoms with E-state index in [0.717, 1.165) is 6.42 Å². The van der Waals surface area contributed by atoms with Crippen LogP contribution >= 0.6 is 0 Å². The first-order valence-corrected chi connectivity index (χ1v) is 8.51. The average molecular weight is 343 g/mol. The molecule has 1 fully saturated rings. The Bertz CT molecular complexity index is 696. The number of likely N-dealkylation sites (tertiary alicyclic amines) is 1. The van der Waals surface area contributed by atoms with Crippen LogP contribution in [0.5, 0.6) is 0 Å². The molecule has 2 aliphatic heterocycles. The minimum atomic E-state index is -0.372. The first-order chi connectivity index (χ1) is 12.0. The zero-order valence-corrected chi connectivity index (χ0v) is 13.9. The van der Waals surface area contributed by atoms with Crippen LogP contribution < -0.4 is 5.73 Å². The van der Waals surface area contributed by atoms with Gasteiger partial charge in [-0.15, -0.1) is 0 Å². The van der Waals surface area contributed by atoms with E-state index in [1.807, 2.05) is 0 Å². The van der Waals surface area contributed by atoms with Crippen LogP contribution in [-0.2, 0) is 9.59 Å². The molecule has 1 aromatic carbocycles. The van der Waals surface area contributed by atoms with Crippen molar-refractivity contribution in [1.82, 2.24) is 9.80 Å². The van der Waals surface area contributed by atoms with Crippen LogP contribution in [0.15, 0.2) is 24.3 Å². The maximum atomic E-state index is 12.3. The lowest BCUT2D eigenvalue weighted by Crippen LogP contribution is -2.44. The third kappa shape index (κ3) is 3.40. The number of primary amides is 1. The van der Waals surface area contributed by atoms with E-state index < -0.39 is 0 Å². The van der Waals surface area contributed by atoms with E-state index in [2.05, 4.69) is 0 Å². The molecule has 0 radical (unpaired) electrons. The Hall–Kier alpha value is -2.70. The minimum Gasteiger partial charge on any atom is -0.369 e. The molecule has 1 saturated heterocycles. The fourth-order valence-corrected chi connectivity index (χ4v) is 3.42. The molecule has 0 spiro atoms. The molecular weight excluding hydrogens is 322 g/mol. The molecule has 7 heteroatoms. The molecule has 0 saturated carbocycles. The average Bonchev–Trinajstić information content (AvgIpc) is 2.87. The Balaban J connectivity index is 1.52. The van der Waals surface area contributed by atoms with Crippen molar-refractivity contribution in [2.75, 3.05) is 19.6 Å². The van der Waals surface area contributed by atoms with Crippen molar-refractivity contribution < 1.29 is 19.2 Å². The summed E-state index contributed by atoms with van der Waals surface area (Å²) in [6.45, 7) is 1.20. The molecule has 25 heavy (non-hydrogen) atoms. The molecule has 132 valence electrons. The number of rotatable bonds is 5. The van der Waals surface area contributed by atoms with E-state index in [0.29, 0.717) is 37.1 Å². The summed E-state index contributed by atoms with van der Waals surface area (Å²) < 4.78 is 0. The van der Waals surface area contributed by atoms with Gasteiger partial charge in [0, 0.05) is 26.1 Å². The Morgan fingerprint density at radius 2 is 1.76 bits per heavy atom. The second-order valence-electron chi connectivity index (χ2n) is 6.49. The number of carbonyl (C=O) groups is 4. The predicted octanol–water partition coefficient (Wildman–Crippen LogP) is 0.787. The summed E-state index contributed by atoms with van der Waals surface area (Å²) in [6, 6.07) is 6.72. The standard InChI is InChI=1S/C18H21N3O4/c19-16(23)12-5-3-9-20(11-12)15(22)8-4-10-21-17(24)13-6-1-2-7-14(13)18(21)25/h1-2,6-7,12H,3-5,8-11H2,(H2,19,23). The Labute approximate surface area is 145 Å². The van der Waals surface area contributed by atoms with E-state index in [1.54, 1.807) is 29.2 Å². The number of nitrogens with zero attached hydrogens (tertiary/aromatic N) is 2. The molecule has 2 N–H and O–H groups in total. The van der Waals surface area contributed by atoms with Gasteiger partial charge in [-0.3, -0.25) is 24.1 Å². The maximum absolute atomic E-state index is 12.3. The van der Waals surface area contributed by atoms with E-state index in [-0.39, 0.29) is 42.5 Å². The van der Waals surface area contributed by atoms with E-state index in [1.165, 1.54) is 4.90 Å². The molecule has 1 atom stereocenters. The van der Waals surface area contributed by atoms with Crippen LogP contribution in [0.2, 0.25) is 0 Å². The Morgan fingerprint density at radius 1 is 1.12 bits per heavy atom. The SMILES string of the molecule is NC(=O)C1CCCN(C(=O)CCCN2C(=O)c3ccccc3C2=O)C1. The van der Waals surface area contributed by atoms with Gasteiger partial charge in [0.1, 0.15) is 0 Å². The number of fused-ring (bicyclic) bond motifs is 1. The summed E-state index contributed by atoms with van der Waals surface area (Å²) in [5.74, 6) is -1.33. The normalized spacial score (nSPS) is 19.9. The topological polar surface area (TPSA) is 101 Å². The molecule has 1 unspecified atom stereocenters. The first kappa shape index (κ1) is 17.1. The van der Waals surface area contributed by atoms with E-state index >= 15 is 0 Å². The monoisotopic (exact) mass is 343 g/mol. The van der Waals surface area contributed by atoms with Crippen LogP contribution in [0, 0.1) is 5.92 Å². The quantitative estimate of drug-likeness (QED) is 0.799. The maximum Gasteiger partial charge on any atom is 0.261 e. The van der Waals surface area contributed by atoms with Crippen LogP contribution in [0.1, 0.15) is 46.4 Å². The summed E-state index contributed by atoms with van der Waals surface area (Å²) >= 11 is 0. The summed E-state index contributed by atoms with van der Waals surface area (Å²) in [5.41, 5.74) is 6.16. The van der Waals surface area contributed by atoms with E-state index in [4.69, 9.17) is 5.73 Å². The molecule has 1 aromatic rings. The summed E-state index contributed by atoms with van der Waals surface area (Å²) in [6.07, 6.45) is 2.12. The van der Waals surface area contributed by atoms with Gasteiger partial charge < -0.3 is 10.6 Å². The minimum absolute atomic E-state index is 0.0671. The number of nitrogens with two attached hydrogens (primary N) is 1. The number of hydrogen-bond acceptors (Lipinski definition) is 4. The number of imide groups is 1. The van der Waals surface area contributed by atoms with E-state index in [9.17, 15) is 19.2 Å². The van der Waals surface area contributed by atoms with Crippen molar-refractivity contribution in [3.8, 4) is 0 Å². The molecule has 0 aliphatic carbocycles. The lowest BCUT2D eigenvalue weighted by molar-refractivity contribution is -0.135. The summed E-state index contributed by atoms with van der Waals surface area (Å²) in [7, 11) is 0.